The lowest BCUT2D eigenvalue weighted by atomic mass is 9.98. The number of nitrogens with zero attached hydrogens (tertiary/aromatic N) is 5. The second-order valence-electron chi connectivity index (χ2n) is 5.55. The third kappa shape index (κ3) is 3.34. The number of hydrogen-bond donors (Lipinski definition) is 0. The van der Waals surface area contributed by atoms with Crippen molar-refractivity contribution in [2.75, 3.05) is 20.8 Å². The highest BCUT2D eigenvalue weighted by molar-refractivity contribution is 5.94. The third-order valence-corrected chi connectivity index (χ3v) is 4.15. The number of azide groups is 1. The number of carbonyl (C=O) groups excluding carboxylic acids is 1. The summed E-state index contributed by atoms with van der Waals surface area (Å²) in [6, 6.07) is 7.02. The summed E-state index contributed by atoms with van der Waals surface area (Å²) in [6.07, 6.45) is 2.17. The molecule has 1 aliphatic heterocycles. The summed E-state index contributed by atoms with van der Waals surface area (Å²) in [7, 11) is 3.20. The Morgan fingerprint density at radius 1 is 1.24 bits per heavy atom. The minimum absolute atomic E-state index is 0.111. The predicted octanol–water partition coefficient (Wildman–Crippen LogP) is 3.24. The zero-order chi connectivity index (χ0) is 17.8. The van der Waals surface area contributed by atoms with E-state index in [4.69, 9.17) is 15.0 Å². The van der Waals surface area contributed by atoms with Crippen LogP contribution in [-0.2, 0) is 13.0 Å². The Morgan fingerprint density at radius 2 is 1.96 bits per heavy atom. The molecular formula is C17H17N5O3. The smallest absolute Gasteiger partial charge is 0.255 e. The average Bonchev–Trinajstić information content (AvgIpc) is 2.66. The minimum Gasteiger partial charge on any atom is -0.493 e. The van der Waals surface area contributed by atoms with Crippen molar-refractivity contribution in [1.82, 2.24) is 9.88 Å². The van der Waals surface area contributed by atoms with Crippen LogP contribution in [0, 0.1) is 0 Å². The van der Waals surface area contributed by atoms with E-state index in [1.807, 2.05) is 12.1 Å². The molecule has 0 aliphatic carbocycles. The second-order valence-corrected chi connectivity index (χ2v) is 5.55. The average molecular weight is 339 g/mol. The first-order chi connectivity index (χ1) is 12.2. The van der Waals surface area contributed by atoms with Gasteiger partial charge in [0.15, 0.2) is 11.5 Å². The zero-order valence-electron chi connectivity index (χ0n) is 14.0. The van der Waals surface area contributed by atoms with Gasteiger partial charge in [0.1, 0.15) is 5.82 Å². The summed E-state index contributed by atoms with van der Waals surface area (Å²) in [6.45, 7) is 1.10. The van der Waals surface area contributed by atoms with Crippen LogP contribution in [0.4, 0.5) is 5.82 Å². The second kappa shape index (κ2) is 7.11. The molecule has 1 amide bonds. The molecular weight excluding hydrogens is 322 g/mol. The number of fused-ring (bicyclic) bond motifs is 1. The molecule has 2 aromatic rings. The van der Waals surface area contributed by atoms with Gasteiger partial charge in [0.2, 0.25) is 0 Å². The lowest BCUT2D eigenvalue weighted by Gasteiger charge is -2.29. The van der Waals surface area contributed by atoms with Crippen LogP contribution in [0.5, 0.6) is 11.5 Å². The molecule has 1 aliphatic rings. The van der Waals surface area contributed by atoms with Crippen LogP contribution in [0.25, 0.3) is 10.4 Å². The fourth-order valence-electron chi connectivity index (χ4n) is 2.86. The minimum atomic E-state index is -0.111. The molecule has 0 bridgehead atoms. The van der Waals surface area contributed by atoms with Gasteiger partial charge in [-0.2, -0.15) is 0 Å². The molecule has 3 rings (SSSR count). The van der Waals surface area contributed by atoms with Crippen molar-refractivity contribution < 1.29 is 14.3 Å². The number of amides is 1. The Hall–Kier alpha value is -3.25. The van der Waals surface area contributed by atoms with Crippen LogP contribution < -0.4 is 9.47 Å². The third-order valence-electron chi connectivity index (χ3n) is 4.15. The van der Waals surface area contributed by atoms with E-state index in [9.17, 15) is 4.79 Å². The van der Waals surface area contributed by atoms with Crippen molar-refractivity contribution >= 4 is 11.7 Å². The SMILES string of the molecule is COc1cc2c(cc1OC)CN(C(=O)c1ccc(N=[N+]=[N-])nc1)CC2. The molecule has 0 fully saturated rings. The van der Waals surface area contributed by atoms with Crippen LogP contribution in [0.2, 0.25) is 0 Å². The van der Waals surface area contributed by atoms with E-state index >= 15 is 0 Å². The van der Waals surface area contributed by atoms with Crippen molar-refractivity contribution in [2.24, 2.45) is 5.11 Å². The number of pyridine rings is 1. The lowest BCUT2D eigenvalue weighted by Crippen LogP contribution is -2.36. The van der Waals surface area contributed by atoms with E-state index in [0.29, 0.717) is 30.2 Å². The number of benzene rings is 1. The molecule has 0 unspecified atom stereocenters. The molecule has 1 aromatic heterocycles. The van der Waals surface area contributed by atoms with Gasteiger partial charge < -0.3 is 14.4 Å². The first kappa shape index (κ1) is 16.6. The number of methoxy groups -OCH3 is 2. The Balaban J connectivity index is 1.81. The van der Waals surface area contributed by atoms with Gasteiger partial charge in [-0.15, -0.1) is 0 Å². The zero-order valence-corrected chi connectivity index (χ0v) is 14.0. The standard InChI is InChI=1S/C17H17N5O3/c1-24-14-7-11-5-6-22(10-13(11)8-15(14)25-2)17(23)12-3-4-16(19-9-12)20-21-18/h3-4,7-9H,5-6,10H2,1-2H3. The number of carbonyl (C=O) groups is 1. The molecule has 0 saturated carbocycles. The molecule has 0 spiro atoms. The number of hydrogen-bond acceptors (Lipinski definition) is 5. The molecule has 0 radical (unpaired) electrons. The van der Waals surface area contributed by atoms with Crippen LogP contribution in [-0.4, -0.2) is 36.6 Å². The van der Waals surface area contributed by atoms with Gasteiger partial charge >= 0.3 is 0 Å². The largest absolute Gasteiger partial charge is 0.493 e. The normalized spacial score (nSPS) is 12.8. The maximum atomic E-state index is 12.7. The van der Waals surface area contributed by atoms with Gasteiger partial charge in [0, 0.05) is 24.2 Å². The summed E-state index contributed by atoms with van der Waals surface area (Å²) in [4.78, 5) is 21.1. The van der Waals surface area contributed by atoms with Crippen molar-refractivity contribution in [1.29, 1.82) is 0 Å². The van der Waals surface area contributed by atoms with Gasteiger partial charge in [-0.3, -0.25) is 9.78 Å². The quantitative estimate of drug-likeness (QED) is 0.485. The van der Waals surface area contributed by atoms with Crippen LogP contribution >= 0.6 is 0 Å². The van der Waals surface area contributed by atoms with Crippen LogP contribution in [0.15, 0.2) is 35.6 Å². The summed E-state index contributed by atoms with van der Waals surface area (Å²) >= 11 is 0. The van der Waals surface area contributed by atoms with Gasteiger partial charge in [-0.05, 0) is 52.5 Å². The molecule has 0 atom stereocenters. The van der Waals surface area contributed by atoms with E-state index in [1.165, 1.54) is 12.3 Å². The number of rotatable bonds is 4. The molecule has 0 saturated heterocycles. The van der Waals surface area contributed by atoms with Crippen molar-refractivity contribution in [3.8, 4) is 11.5 Å². The Bertz CT molecular complexity index is 844. The van der Waals surface area contributed by atoms with Crippen molar-refractivity contribution in [2.45, 2.75) is 13.0 Å². The van der Waals surface area contributed by atoms with Crippen LogP contribution in [0.1, 0.15) is 21.5 Å². The number of ether oxygens (including phenoxy) is 2. The number of aromatic nitrogens is 1. The van der Waals surface area contributed by atoms with Crippen LogP contribution in [0.3, 0.4) is 0 Å². The maximum absolute atomic E-state index is 12.7. The fourth-order valence-corrected chi connectivity index (χ4v) is 2.86. The van der Waals surface area contributed by atoms with Gasteiger partial charge in [0.05, 0.1) is 19.8 Å². The van der Waals surface area contributed by atoms with E-state index in [0.717, 1.165) is 17.5 Å². The first-order valence-corrected chi connectivity index (χ1v) is 7.70. The topological polar surface area (TPSA) is 100 Å². The Morgan fingerprint density at radius 3 is 2.56 bits per heavy atom. The maximum Gasteiger partial charge on any atom is 0.255 e. The highest BCUT2D eigenvalue weighted by Gasteiger charge is 2.23. The van der Waals surface area contributed by atoms with Gasteiger partial charge in [-0.25, -0.2) is 0 Å². The monoisotopic (exact) mass is 339 g/mol. The summed E-state index contributed by atoms with van der Waals surface area (Å²) in [5.41, 5.74) is 11.0. The van der Waals surface area contributed by atoms with Gasteiger partial charge in [0.25, 0.3) is 5.91 Å². The van der Waals surface area contributed by atoms with E-state index in [1.54, 1.807) is 25.2 Å². The highest BCUT2D eigenvalue weighted by Crippen LogP contribution is 2.33. The lowest BCUT2D eigenvalue weighted by molar-refractivity contribution is 0.0734. The summed E-state index contributed by atoms with van der Waals surface area (Å²) < 4.78 is 10.7. The first-order valence-electron chi connectivity index (χ1n) is 7.70. The highest BCUT2D eigenvalue weighted by atomic mass is 16.5. The molecule has 2 heterocycles. The van der Waals surface area contributed by atoms with E-state index in [-0.39, 0.29) is 11.7 Å². The summed E-state index contributed by atoms with van der Waals surface area (Å²) in [5.74, 6) is 1.47. The molecule has 25 heavy (non-hydrogen) atoms. The molecule has 8 heteroatoms. The van der Waals surface area contributed by atoms with E-state index in [2.05, 4.69) is 15.0 Å². The molecule has 0 N–H and O–H groups in total. The molecule has 1 aromatic carbocycles. The fraction of sp³-hybridized carbons (Fsp3) is 0.294. The molecule has 8 nitrogen and oxygen atoms in total. The summed E-state index contributed by atoms with van der Waals surface area (Å²) in [5, 5.41) is 3.40. The van der Waals surface area contributed by atoms with Crippen molar-refractivity contribution in [3.63, 3.8) is 0 Å². The Labute approximate surface area is 144 Å². The Kier molecular flexibility index (Phi) is 4.72. The predicted molar refractivity (Wildman–Crippen MR) is 91.0 cm³/mol. The molecule has 128 valence electrons. The van der Waals surface area contributed by atoms with Crippen molar-refractivity contribution in [3.05, 3.63) is 57.6 Å². The van der Waals surface area contributed by atoms with Gasteiger partial charge in [-0.1, -0.05) is 0 Å². The van der Waals surface area contributed by atoms with E-state index < -0.39 is 0 Å².